The summed E-state index contributed by atoms with van der Waals surface area (Å²) in [5, 5.41) is 0. The molecule has 0 spiro atoms. The van der Waals surface area contributed by atoms with Crippen molar-refractivity contribution in [1.82, 2.24) is 0 Å². The molecule has 4 fully saturated rings. The minimum absolute atomic E-state index is 0.213. The van der Waals surface area contributed by atoms with Gasteiger partial charge in [-0.25, -0.2) is 0 Å². The Morgan fingerprint density at radius 1 is 0.350 bits per heavy atom. The third kappa shape index (κ3) is 6.95. The van der Waals surface area contributed by atoms with Crippen molar-refractivity contribution in [3.63, 3.8) is 0 Å². The summed E-state index contributed by atoms with van der Waals surface area (Å²) in [6.07, 6.45) is 8.07. The topological polar surface area (TPSA) is 0 Å². The number of benzene rings is 6. The summed E-state index contributed by atoms with van der Waals surface area (Å²) in [5.74, 6) is 1.61. The van der Waals surface area contributed by atoms with Crippen LogP contribution in [0.15, 0.2) is 97.1 Å². The van der Waals surface area contributed by atoms with Crippen LogP contribution < -0.4 is 32.8 Å². The standard InChI is InChI=1S/C58H66B2/c1-35-21-39(5)53(40(6)22-35)59(54-41(7)23-36(2)24-42(54)8)51-17-13-49(14-18-51)57-30-47-29-48(31-57)33-58(32-47,34-57)50-15-19-52(20-16-50)60(55-43(9)25-37(3)26-44(55)10)56-45(11)27-38(4)28-46(56)12/h13-28,47-48H,29-34H2,1-12H3. The highest BCUT2D eigenvalue weighted by molar-refractivity contribution is 6.97. The molecule has 0 N–H and O–H groups in total. The normalized spacial score (nSPS) is 21.7. The molecule has 0 unspecified atom stereocenters. The summed E-state index contributed by atoms with van der Waals surface area (Å²) in [6.45, 7) is 28.0. The molecule has 0 saturated heterocycles. The molecule has 4 aliphatic carbocycles. The highest BCUT2D eigenvalue weighted by atomic mass is 14.6. The highest BCUT2D eigenvalue weighted by Gasteiger charge is 2.58. The average molecular weight is 785 g/mol. The zero-order valence-electron chi connectivity index (χ0n) is 38.8. The minimum Gasteiger partial charge on any atom is -0.0686 e. The molecular weight excluding hydrogens is 718 g/mol. The second-order valence-corrected chi connectivity index (χ2v) is 20.9. The zero-order valence-corrected chi connectivity index (χ0v) is 38.8. The summed E-state index contributed by atoms with van der Waals surface area (Å²) >= 11 is 0. The molecule has 0 nitrogen and oxygen atoms in total. The lowest BCUT2D eigenvalue weighted by atomic mass is 9.34. The van der Waals surface area contributed by atoms with Gasteiger partial charge in [-0.1, -0.05) is 197 Å². The second kappa shape index (κ2) is 15.1. The average Bonchev–Trinajstić information content (AvgIpc) is 3.15. The van der Waals surface area contributed by atoms with Crippen LogP contribution in [0.4, 0.5) is 0 Å². The Labute approximate surface area is 363 Å². The molecule has 304 valence electrons. The maximum absolute atomic E-state index is 2.58. The van der Waals surface area contributed by atoms with Crippen molar-refractivity contribution in [2.75, 3.05) is 0 Å². The second-order valence-electron chi connectivity index (χ2n) is 20.9. The van der Waals surface area contributed by atoms with Crippen molar-refractivity contribution in [3.8, 4) is 0 Å². The Bertz CT molecular complexity index is 2240. The predicted molar refractivity (Wildman–Crippen MR) is 263 cm³/mol. The van der Waals surface area contributed by atoms with Crippen molar-refractivity contribution in [3.05, 3.63) is 175 Å². The van der Waals surface area contributed by atoms with Gasteiger partial charge in [-0.15, -0.1) is 0 Å². The lowest BCUT2D eigenvalue weighted by Crippen LogP contribution is -2.57. The first-order chi connectivity index (χ1) is 28.5. The van der Waals surface area contributed by atoms with Crippen LogP contribution in [0.1, 0.15) is 116 Å². The molecule has 0 radical (unpaired) electrons. The monoisotopic (exact) mass is 785 g/mol. The third-order valence-corrected chi connectivity index (χ3v) is 15.9. The van der Waals surface area contributed by atoms with E-state index in [0.717, 1.165) is 11.8 Å². The number of rotatable bonds is 8. The van der Waals surface area contributed by atoms with Gasteiger partial charge >= 0.3 is 0 Å². The SMILES string of the molecule is Cc1cc(C)c(B(c2ccc(C34CC5CC(C3)CC(c3ccc(B(c6c(C)cc(C)cc6C)c6c(C)cc(C)cc6C)cc3)(C5)C4)cc2)c2c(C)cc(C)cc2C)c(C)c1. The van der Waals surface area contributed by atoms with Crippen LogP contribution in [0.3, 0.4) is 0 Å². The van der Waals surface area contributed by atoms with Crippen LogP contribution in [0.2, 0.25) is 0 Å². The van der Waals surface area contributed by atoms with E-state index in [-0.39, 0.29) is 24.3 Å². The summed E-state index contributed by atoms with van der Waals surface area (Å²) in [7, 11) is 0. The van der Waals surface area contributed by atoms with Gasteiger partial charge in [-0.2, -0.15) is 0 Å². The lowest BCUT2D eigenvalue weighted by molar-refractivity contribution is -0.0281. The van der Waals surface area contributed by atoms with E-state index in [1.54, 1.807) is 11.1 Å². The van der Waals surface area contributed by atoms with Gasteiger partial charge in [0.2, 0.25) is 13.4 Å². The molecule has 0 heterocycles. The minimum atomic E-state index is 0.213. The smallest absolute Gasteiger partial charge is 0.0686 e. The number of aryl methyl sites for hydroxylation is 12. The summed E-state index contributed by atoms with van der Waals surface area (Å²) in [4.78, 5) is 0. The quantitative estimate of drug-likeness (QED) is 0.135. The fourth-order valence-electron chi connectivity index (χ4n) is 14.5. The van der Waals surface area contributed by atoms with Crippen molar-refractivity contribution in [2.24, 2.45) is 11.8 Å². The highest BCUT2D eigenvalue weighted by Crippen LogP contribution is 2.66. The Morgan fingerprint density at radius 2 is 0.583 bits per heavy atom. The van der Waals surface area contributed by atoms with Crippen molar-refractivity contribution in [1.29, 1.82) is 0 Å². The van der Waals surface area contributed by atoms with E-state index in [4.69, 9.17) is 0 Å². The molecule has 4 aliphatic rings. The first-order valence-corrected chi connectivity index (χ1v) is 23.1. The van der Waals surface area contributed by atoms with Crippen LogP contribution >= 0.6 is 0 Å². The number of hydrogen-bond donors (Lipinski definition) is 0. The van der Waals surface area contributed by atoms with Gasteiger partial charge in [-0.3, -0.25) is 0 Å². The van der Waals surface area contributed by atoms with E-state index in [9.17, 15) is 0 Å². The van der Waals surface area contributed by atoms with Crippen molar-refractivity contribution >= 4 is 46.2 Å². The molecule has 0 aliphatic heterocycles. The van der Waals surface area contributed by atoms with E-state index < -0.39 is 0 Å². The molecule has 4 bridgehead atoms. The van der Waals surface area contributed by atoms with Crippen molar-refractivity contribution in [2.45, 2.75) is 132 Å². The molecular formula is C58H66B2. The van der Waals surface area contributed by atoms with E-state index >= 15 is 0 Å². The van der Waals surface area contributed by atoms with E-state index in [2.05, 4.69) is 180 Å². The van der Waals surface area contributed by atoms with Crippen LogP contribution in [-0.2, 0) is 10.8 Å². The van der Waals surface area contributed by atoms with Crippen molar-refractivity contribution < 1.29 is 0 Å². The first kappa shape index (κ1) is 40.8. The van der Waals surface area contributed by atoms with Gasteiger partial charge in [0.15, 0.2) is 0 Å². The largest absolute Gasteiger partial charge is 0.242 e. The molecule has 6 aromatic carbocycles. The molecule has 0 aromatic heterocycles. The molecule has 60 heavy (non-hydrogen) atoms. The van der Waals surface area contributed by atoms with Crippen LogP contribution in [-0.4, -0.2) is 13.4 Å². The molecule has 4 saturated carbocycles. The van der Waals surface area contributed by atoms with Crippen LogP contribution in [0.5, 0.6) is 0 Å². The van der Waals surface area contributed by atoms with E-state index in [1.807, 2.05) is 0 Å². The van der Waals surface area contributed by atoms with E-state index in [0.29, 0.717) is 0 Å². The van der Waals surface area contributed by atoms with Gasteiger partial charge in [0, 0.05) is 0 Å². The van der Waals surface area contributed by atoms with E-state index in [1.165, 1.54) is 138 Å². The summed E-state index contributed by atoms with van der Waals surface area (Å²) < 4.78 is 0. The predicted octanol–water partition coefficient (Wildman–Crippen LogP) is 10.2. The van der Waals surface area contributed by atoms with Crippen LogP contribution in [0.25, 0.3) is 0 Å². The molecule has 6 aromatic rings. The van der Waals surface area contributed by atoms with Crippen LogP contribution in [0, 0.1) is 94.9 Å². The maximum Gasteiger partial charge on any atom is 0.242 e. The fraction of sp³-hybridized carbons (Fsp3) is 0.379. The fourth-order valence-corrected chi connectivity index (χ4v) is 14.5. The maximum atomic E-state index is 2.58. The van der Waals surface area contributed by atoms with Gasteiger partial charge in [0.1, 0.15) is 0 Å². The Morgan fingerprint density at radius 3 is 0.817 bits per heavy atom. The summed E-state index contributed by atoms with van der Waals surface area (Å²) in [5.41, 5.74) is 29.0. The Balaban J connectivity index is 1.09. The zero-order chi connectivity index (χ0) is 42.4. The van der Waals surface area contributed by atoms with Gasteiger partial charge in [0.25, 0.3) is 0 Å². The Kier molecular flexibility index (Phi) is 10.3. The molecule has 10 rings (SSSR count). The van der Waals surface area contributed by atoms with Gasteiger partial charge in [0.05, 0.1) is 0 Å². The van der Waals surface area contributed by atoms with Gasteiger partial charge < -0.3 is 0 Å². The molecule has 2 heteroatoms. The number of hydrogen-bond acceptors (Lipinski definition) is 0. The molecule has 0 amide bonds. The summed E-state index contributed by atoms with van der Waals surface area (Å²) in [6, 6.07) is 39.5. The first-order valence-electron chi connectivity index (χ1n) is 23.1. The lowest BCUT2D eigenvalue weighted by Gasteiger charge is -2.63. The Hall–Kier alpha value is -4.55. The third-order valence-electron chi connectivity index (χ3n) is 15.9. The van der Waals surface area contributed by atoms with Gasteiger partial charge in [-0.05, 0) is 155 Å². The molecule has 0 atom stereocenters.